The van der Waals surface area contributed by atoms with E-state index in [1.807, 2.05) is 22.7 Å². The number of rotatable bonds is 11. The van der Waals surface area contributed by atoms with Gasteiger partial charge in [-0.1, -0.05) is 308 Å². The topological polar surface area (TPSA) is 16.3 Å². The Morgan fingerprint density at radius 2 is 0.480 bits per heavy atom. The maximum absolute atomic E-state index is 2.51. The van der Waals surface area contributed by atoms with Crippen molar-refractivity contribution in [1.82, 2.24) is 9.13 Å². The summed E-state index contributed by atoms with van der Waals surface area (Å²) in [5, 5.41) is 10.3. The smallest absolute Gasteiger partial charge is 0.0555 e. The SMILES string of the molecule is CC1(C)c2ccccc2-c2ccc(N(c3ccc(-c4ccccc4)cc3)c3ccc4c(c3)c3c5sc6ccccc6c5ccc3n4-c3ccc(-c4ccccc4)cc3)cc21.CC1(C)c2ccccc2-c2ccc(N(c3ccc4c(c3)C(C)(C)c3ccccc3-4)c3ccc4c(c3)c3c5sc6ccccc6c5ccc3n4-c3ccc(-c4ccccc4)cc3)cc21. The minimum atomic E-state index is -0.130. The average Bonchev–Trinajstić information content (AvgIpc) is 1.56. The summed E-state index contributed by atoms with van der Waals surface area (Å²) >= 11 is 3.81. The third-order valence-corrected chi connectivity index (χ3v) is 29.6. The first-order chi connectivity index (χ1) is 60.3. The molecule has 18 aromatic carbocycles. The Bertz CT molecular complexity index is 7950. The average molecular weight is 1610 g/mol. The Morgan fingerprint density at radius 1 is 0.203 bits per heavy atom. The second kappa shape index (κ2) is 27.8. The molecule has 3 aliphatic rings. The molecule has 4 aromatic heterocycles. The highest BCUT2D eigenvalue weighted by Gasteiger charge is 2.40. The normalized spacial score (nSPS) is 13.6. The molecule has 3 aliphatic carbocycles. The van der Waals surface area contributed by atoms with E-state index in [4.69, 9.17) is 0 Å². The lowest BCUT2D eigenvalue weighted by Gasteiger charge is -2.30. The van der Waals surface area contributed by atoms with E-state index in [1.165, 1.54) is 184 Å². The zero-order valence-electron chi connectivity index (χ0n) is 69.2. The minimum absolute atomic E-state index is 0.120. The molecule has 4 nitrogen and oxygen atoms in total. The summed E-state index contributed by atoms with van der Waals surface area (Å²) in [6.07, 6.45) is 0. The Morgan fingerprint density at radius 3 is 0.854 bits per heavy atom. The van der Waals surface area contributed by atoms with Crippen LogP contribution in [-0.4, -0.2) is 9.13 Å². The van der Waals surface area contributed by atoms with Gasteiger partial charge >= 0.3 is 0 Å². The summed E-state index contributed by atoms with van der Waals surface area (Å²) < 4.78 is 10.2. The predicted molar refractivity (Wildman–Crippen MR) is 526 cm³/mol. The van der Waals surface area contributed by atoms with Crippen LogP contribution in [0.5, 0.6) is 0 Å². The molecule has 123 heavy (non-hydrogen) atoms. The molecular weight excluding hydrogens is 1530 g/mol. The van der Waals surface area contributed by atoms with Gasteiger partial charge in [-0.25, -0.2) is 0 Å². The number of hydrogen-bond acceptors (Lipinski definition) is 4. The highest BCUT2D eigenvalue weighted by molar-refractivity contribution is 7.27. The van der Waals surface area contributed by atoms with E-state index in [0.29, 0.717) is 0 Å². The van der Waals surface area contributed by atoms with Crippen molar-refractivity contribution < 1.29 is 0 Å². The van der Waals surface area contributed by atoms with E-state index in [2.05, 4.69) is 461 Å². The highest BCUT2D eigenvalue weighted by Crippen LogP contribution is 2.57. The molecule has 4 heterocycles. The number of aromatic nitrogens is 2. The van der Waals surface area contributed by atoms with E-state index < -0.39 is 0 Å². The molecule has 0 fully saturated rings. The Hall–Kier alpha value is -14.4. The van der Waals surface area contributed by atoms with Gasteiger partial charge in [-0.2, -0.15) is 0 Å². The molecule has 0 atom stereocenters. The van der Waals surface area contributed by atoms with Gasteiger partial charge in [-0.15, -0.1) is 22.7 Å². The molecule has 0 bridgehead atoms. The molecule has 0 radical (unpaired) electrons. The summed E-state index contributed by atoms with van der Waals surface area (Å²) in [7, 11) is 0. The van der Waals surface area contributed by atoms with Crippen molar-refractivity contribution in [2.75, 3.05) is 9.80 Å². The zero-order chi connectivity index (χ0) is 82.1. The largest absolute Gasteiger partial charge is 0.310 e. The van der Waals surface area contributed by atoms with Crippen LogP contribution in [0.4, 0.5) is 34.1 Å². The molecule has 6 heteroatoms. The quantitative estimate of drug-likeness (QED) is 0.128. The fourth-order valence-corrected chi connectivity index (χ4v) is 23.6. The first kappa shape index (κ1) is 72.6. The minimum Gasteiger partial charge on any atom is -0.310 e. The van der Waals surface area contributed by atoms with Crippen LogP contribution in [0.1, 0.15) is 74.9 Å². The van der Waals surface area contributed by atoms with Gasteiger partial charge < -0.3 is 18.9 Å². The van der Waals surface area contributed by atoms with Crippen LogP contribution >= 0.6 is 22.7 Å². The van der Waals surface area contributed by atoms with Crippen LogP contribution in [0.3, 0.4) is 0 Å². The van der Waals surface area contributed by atoms with Gasteiger partial charge in [-0.3, -0.25) is 0 Å². The van der Waals surface area contributed by atoms with E-state index in [-0.39, 0.29) is 16.2 Å². The molecule has 0 unspecified atom stereocenters. The summed E-state index contributed by atoms with van der Waals surface area (Å²) in [5.74, 6) is 0. The molecule has 0 amide bonds. The second-order valence-corrected chi connectivity index (χ2v) is 37.2. The summed E-state index contributed by atoms with van der Waals surface area (Å²) in [5.41, 5.74) is 37.1. The summed E-state index contributed by atoms with van der Waals surface area (Å²) in [4.78, 5) is 4.97. The lowest BCUT2D eigenvalue weighted by atomic mass is 9.82. The summed E-state index contributed by atoms with van der Waals surface area (Å²) in [6.45, 7) is 14.2. The van der Waals surface area contributed by atoms with Gasteiger partial charge in [0.2, 0.25) is 0 Å². The first-order valence-corrected chi connectivity index (χ1v) is 44.5. The van der Waals surface area contributed by atoms with E-state index >= 15 is 0 Å². The fourth-order valence-electron chi connectivity index (χ4n) is 21.1. The van der Waals surface area contributed by atoms with Gasteiger partial charge in [0, 0.05) is 124 Å². The van der Waals surface area contributed by atoms with Crippen LogP contribution in [0.25, 0.3) is 162 Å². The second-order valence-electron chi connectivity index (χ2n) is 35.1. The third-order valence-electron chi connectivity index (χ3n) is 27.2. The van der Waals surface area contributed by atoms with Crippen molar-refractivity contribution >= 4 is 141 Å². The Balaban J connectivity index is 0.000000139. The number of benzene rings is 18. The third kappa shape index (κ3) is 11.3. The maximum atomic E-state index is 2.51. The van der Waals surface area contributed by atoms with Gasteiger partial charge in [-0.05, 0) is 234 Å². The van der Waals surface area contributed by atoms with Crippen LogP contribution in [-0.2, 0) is 16.2 Å². The lowest BCUT2D eigenvalue weighted by Crippen LogP contribution is -2.18. The molecular formula is C117H84N4S2. The van der Waals surface area contributed by atoms with Crippen molar-refractivity contribution in [3.05, 3.63) is 434 Å². The number of nitrogens with zero attached hydrogens (tertiary/aromatic N) is 4. The van der Waals surface area contributed by atoms with Crippen molar-refractivity contribution in [3.63, 3.8) is 0 Å². The maximum Gasteiger partial charge on any atom is 0.0555 e. The Labute approximate surface area is 724 Å². The first-order valence-electron chi connectivity index (χ1n) is 42.8. The monoisotopic (exact) mass is 1610 g/mol. The van der Waals surface area contributed by atoms with E-state index in [1.54, 1.807) is 0 Å². The molecule has 22 aromatic rings. The standard InChI is InChI=1S/C60H44N2S.C57H40N2S/c1-59(2)50-19-11-8-16-43(50)45-29-26-41(35-52(45)59)61(42-27-30-46-44-17-9-12-20-51(44)60(3,4)53(46)36-42)40-28-32-54-49(34-40)57-55(33-31-48-47-18-10-13-21-56(47)63-58(48)57)62(54)39-24-22-38(23-25-39)37-14-6-5-7-15-37;1-57(2)50-19-11-9-17-45(50)46-31-29-44(36-51(46)57)58(41-25-21-39(22-26-41)37-13-5-3-6-14-37)43-30-33-52-49(35-43)55-53(34-32-48-47-18-10-12-20-54(47)60-56(48)55)59(52)42-27-23-40(24-28-42)38-15-7-4-8-16-38/h5-36H,1-4H3;3-36H,1-2H3. The van der Waals surface area contributed by atoms with Crippen molar-refractivity contribution in [2.24, 2.45) is 0 Å². The van der Waals surface area contributed by atoms with Crippen LogP contribution in [0.15, 0.2) is 400 Å². The number of fused-ring (bicyclic) bond motifs is 23. The van der Waals surface area contributed by atoms with Crippen molar-refractivity contribution in [2.45, 2.75) is 57.8 Å². The molecule has 584 valence electrons. The van der Waals surface area contributed by atoms with Crippen LogP contribution < -0.4 is 9.80 Å². The van der Waals surface area contributed by atoms with E-state index in [9.17, 15) is 0 Å². The number of thiophene rings is 2. The van der Waals surface area contributed by atoms with Crippen molar-refractivity contribution in [1.29, 1.82) is 0 Å². The highest BCUT2D eigenvalue weighted by atomic mass is 32.1. The van der Waals surface area contributed by atoms with Crippen molar-refractivity contribution in [3.8, 4) is 78.1 Å². The number of anilines is 6. The van der Waals surface area contributed by atoms with Crippen LogP contribution in [0.2, 0.25) is 0 Å². The lowest BCUT2D eigenvalue weighted by molar-refractivity contribution is 0.660. The summed E-state index contributed by atoms with van der Waals surface area (Å²) in [6, 6.07) is 149. The molecule has 0 spiro atoms. The van der Waals surface area contributed by atoms with Gasteiger partial charge in [0.05, 0.1) is 22.1 Å². The fraction of sp³-hybridized carbons (Fsp3) is 0.0769. The van der Waals surface area contributed by atoms with E-state index in [0.717, 1.165) is 45.5 Å². The molecule has 25 rings (SSSR count). The zero-order valence-corrected chi connectivity index (χ0v) is 70.8. The molecule has 0 aliphatic heterocycles. The van der Waals surface area contributed by atoms with Gasteiger partial charge in [0.15, 0.2) is 0 Å². The molecule has 0 saturated heterocycles. The molecule has 0 saturated carbocycles. The predicted octanol–water partition coefficient (Wildman–Crippen LogP) is 33.2. The molecule has 0 N–H and O–H groups in total. The Kier molecular flexibility index (Phi) is 16.4. The van der Waals surface area contributed by atoms with Gasteiger partial charge in [0.25, 0.3) is 0 Å². The number of hydrogen-bond donors (Lipinski definition) is 0. The van der Waals surface area contributed by atoms with Gasteiger partial charge in [0.1, 0.15) is 0 Å². The van der Waals surface area contributed by atoms with Crippen LogP contribution in [0, 0.1) is 0 Å².